The van der Waals surface area contributed by atoms with Gasteiger partial charge in [0.25, 0.3) is 5.24 Å². The first kappa shape index (κ1) is 13.3. The number of rotatable bonds is 2. The number of hydrogen-bond acceptors (Lipinski definition) is 3. The van der Waals surface area contributed by atoms with Gasteiger partial charge in [-0.15, -0.1) is 0 Å². The molecule has 0 spiro atoms. The first-order valence-electron chi connectivity index (χ1n) is 4.21. The molecule has 0 saturated heterocycles. The average molecular weight is 264 g/mol. The summed E-state index contributed by atoms with van der Waals surface area (Å²) in [6.07, 6.45) is -4.81. The third kappa shape index (κ3) is 2.50. The summed E-state index contributed by atoms with van der Waals surface area (Å²) in [5, 5.41) is 7.59. The van der Waals surface area contributed by atoms with Crippen molar-refractivity contribution in [1.29, 1.82) is 5.26 Å². The molecule has 0 aliphatic rings. The maximum Gasteiger partial charge on any atom is 0.421 e. The van der Waals surface area contributed by atoms with Crippen molar-refractivity contribution in [2.24, 2.45) is 0 Å². The van der Waals surface area contributed by atoms with Crippen molar-refractivity contribution in [1.82, 2.24) is 0 Å². The average Bonchev–Trinajstić information content (AvgIpc) is 2.25. The SMILES string of the molecule is COc1ccc(C(=O)Cl)c(C#N)c1C(F)(F)F. The van der Waals surface area contributed by atoms with E-state index in [4.69, 9.17) is 16.9 Å². The number of benzene rings is 1. The Hall–Kier alpha value is -1.74. The first-order valence-corrected chi connectivity index (χ1v) is 4.58. The highest BCUT2D eigenvalue weighted by atomic mass is 35.5. The zero-order valence-electron chi connectivity index (χ0n) is 8.43. The van der Waals surface area contributed by atoms with E-state index in [0.717, 1.165) is 19.2 Å². The van der Waals surface area contributed by atoms with Crippen LogP contribution in [0.15, 0.2) is 12.1 Å². The predicted molar refractivity (Wildman–Crippen MR) is 52.9 cm³/mol. The van der Waals surface area contributed by atoms with Crippen LogP contribution in [0.2, 0.25) is 0 Å². The summed E-state index contributed by atoms with van der Waals surface area (Å²) in [5.41, 5.74) is -2.63. The van der Waals surface area contributed by atoms with Gasteiger partial charge in [0.05, 0.1) is 18.2 Å². The molecule has 3 nitrogen and oxygen atoms in total. The van der Waals surface area contributed by atoms with Crippen LogP contribution in [0, 0.1) is 11.3 Å². The summed E-state index contributed by atoms with van der Waals surface area (Å²) in [5.74, 6) is -0.532. The minimum Gasteiger partial charge on any atom is -0.496 e. The van der Waals surface area contributed by atoms with E-state index in [1.165, 1.54) is 6.07 Å². The highest BCUT2D eigenvalue weighted by Crippen LogP contribution is 2.39. The maximum atomic E-state index is 12.7. The van der Waals surface area contributed by atoms with E-state index in [2.05, 4.69) is 4.74 Å². The molecule has 90 valence electrons. The monoisotopic (exact) mass is 263 g/mol. The largest absolute Gasteiger partial charge is 0.496 e. The standard InChI is InChI=1S/C10H5ClF3NO2/c1-17-7-3-2-5(9(11)16)6(4-15)8(7)10(12,13)14/h2-3H,1H3. The van der Waals surface area contributed by atoms with E-state index in [0.29, 0.717) is 0 Å². The molecule has 0 heterocycles. The lowest BCUT2D eigenvalue weighted by Gasteiger charge is -2.14. The van der Waals surface area contributed by atoms with Crippen LogP contribution in [-0.2, 0) is 6.18 Å². The minimum absolute atomic E-state index is 0.498. The van der Waals surface area contributed by atoms with Gasteiger partial charge in [-0.05, 0) is 23.7 Å². The number of methoxy groups -OCH3 is 1. The highest BCUT2D eigenvalue weighted by Gasteiger charge is 2.39. The Balaban J connectivity index is 3.69. The second-order valence-corrected chi connectivity index (χ2v) is 3.29. The van der Waals surface area contributed by atoms with Crippen LogP contribution in [0.5, 0.6) is 5.75 Å². The lowest BCUT2D eigenvalue weighted by atomic mass is 10.0. The molecule has 0 N–H and O–H groups in total. The Morgan fingerprint density at radius 2 is 2.06 bits per heavy atom. The van der Waals surface area contributed by atoms with E-state index in [1.807, 2.05) is 0 Å². The van der Waals surface area contributed by atoms with Crippen LogP contribution in [0.25, 0.3) is 0 Å². The van der Waals surface area contributed by atoms with Crippen molar-refractivity contribution in [3.63, 3.8) is 0 Å². The topological polar surface area (TPSA) is 50.1 Å². The molecule has 0 radical (unpaired) electrons. The van der Waals surface area contributed by atoms with E-state index in [1.54, 1.807) is 0 Å². The van der Waals surface area contributed by atoms with Gasteiger partial charge in [-0.2, -0.15) is 18.4 Å². The third-order valence-electron chi connectivity index (χ3n) is 1.99. The van der Waals surface area contributed by atoms with Crippen LogP contribution in [0.1, 0.15) is 21.5 Å². The Morgan fingerprint density at radius 3 is 2.41 bits per heavy atom. The number of carbonyl (C=O) groups is 1. The molecule has 1 aromatic rings. The minimum atomic E-state index is -4.81. The number of alkyl halides is 3. The molecule has 0 bridgehead atoms. The van der Waals surface area contributed by atoms with Gasteiger partial charge in [0.15, 0.2) is 0 Å². The fourth-order valence-electron chi connectivity index (χ4n) is 1.32. The van der Waals surface area contributed by atoms with E-state index in [9.17, 15) is 18.0 Å². The molecule has 7 heteroatoms. The van der Waals surface area contributed by atoms with Crippen LogP contribution < -0.4 is 4.74 Å². The first-order chi connectivity index (χ1) is 7.82. The number of nitrogens with zero attached hydrogens (tertiary/aromatic N) is 1. The van der Waals surface area contributed by atoms with Crippen molar-refractivity contribution in [3.8, 4) is 11.8 Å². The molecule has 1 rings (SSSR count). The lowest BCUT2D eigenvalue weighted by Crippen LogP contribution is -2.13. The molecule has 0 atom stereocenters. The van der Waals surface area contributed by atoms with Gasteiger partial charge < -0.3 is 4.74 Å². The summed E-state index contributed by atoms with van der Waals surface area (Å²) < 4.78 is 42.7. The second-order valence-electron chi connectivity index (χ2n) is 2.95. The summed E-state index contributed by atoms with van der Waals surface area (Å²) in [7, 11) is 1.04. The Bertz CT molecular complexity index is 505. The van der Waals surface area contributed by atoms with E-state index < -0.39 is 33.9 Å². The number of halogens is 4. The molecular formula is C10H5ClF3NO2. The molecule has 1 aromatic carbocycles. The molecular weight excluding hydrogens is 259 g/mol. The van der Waals surface area contributed by atoms with Gasteiger partial charge in [0.1, 0.15) is 17.4 Å². The fourth-order valence-corrected chi connectivity index (χ4v) is 1.47. The van der Waals surface area contributed by atoms with Gasteiger partial charge >= 0.3 is 6.18 Å². The Kier molecular flexibility index (Phi) is 3.63. The van der Waals surface area contributed by atoms with Gasteiger partial charge in [0.2, 0.25) is 0 Å². The molecule has 0 amide bonds. The summed E-state index contributed by atoms with van der Waals surface area (Å²) in [6, 6.07) is 3.28. The van der Waals surface area contributed by atoms with Crippen LogP contribution in [-0.4, -0.2) is 12.4 Å². The van der Waals surface area contributed by atoms with Gasteiger partial charge in [-0.1, -0.05) is 0 Å². The van der Waals surface area contributed by atoms with Crippen molar-refractivity contribution in [3.05, 3.63) is 28.8 Å². The third-order valence-corrected chi connectivity index (χ3v) is 2.20. The second kappa shape index (κ2) is 4.63. The van der Waals surface area contributed by atoms with E-state index in [-0.39, 0.29) is 0 Å². The fraction of sp³-hybridized carbons (Fsp3) is 0.200. The van der Waals surface area contributed by atoms with Crippen LogP contribution >= 0.6 is 11.6 Å². The molecule has 0 saturated carbocycles. The van der Waals surface area contributed by atoms with Crippen molar-refractivity contribution in [2.75, 3.05) is 7.11 Å². The number of carbonyl (C=O) groups excluding carboxylic acids is 1. The molecule has 0 fully saturated rings. The zero-order chi connectivity index (χ0) is 13.2. The van der Waals surface area contributed by atoms with Crippen LogP contribution in [0.4, 0.5) is 13.2 Å². The molecule has 0 aliphatic heterocycles. The zero-order valence-corrected chi connectivity index (χ0v) is 9.19. The van der Waals surface area contributed by atoms with Crippen molar-refractivity contribution >= 4 is 16.8 Å². The van der Waals surface area contributed by atoms with Gasteiger partial charge in [0, 0.05) is 0 Å². The highest BCUT2D eigenvalue weighted by molar-refractivity contribution is 6.68. The van der Waals surface area contributed by atoms with Crippen LogP contribution in [0.3, 0.4) is 0 Å². The lowest BCUT2D eigenvalue weighted by molar-refractivity contribution is -0.139. The normalized spacial score (nSPS) is 10.8. The molecule has 0 unspecified atom stereocenters. The summed E-state index contributed by atoms with van der Waals surface area (Å²) in [6.45, 7) is 0. The quantitative estimate of drug-likeness (QED) is 0.771. The smallest absolute Gasteiger partial charge is 0.421 e. The van der Waals surface area contributed by atoms with Gasteiger partial charge in [-0.3, -0.25) is 4.79 Å². The van der Waals surface area contributed by atoms with Crippen molar-refractivity contribution < 1.29 is 22.7 Å². The molecule has 0 aromatic heterocycles. The number of ether oxygens (including phenoxy) is 1. The summed E-state index contributed by atoms with van der Waals surface area (Å²) >= 11 is 5.11. The number of nitriles is 1. The van der Waals surface area contributed by atoms with Gasteiger partial charge in [-0.25, -0.2) is 0 Å². The Labute approximate surface area is 99.4 Å². The maximum absolute atomic E-state index is 12.7. The molecule has 17 heavy (non-hydrogen) atoms. The number of hydrogen-bond donors (Lipinski definition) is 0. The van der Waals surface area contributed by atoms with Crippen molar-refractivity contribution in [2.45, 2.75) is 6.18 Å². The Morgan fingerprint density at radius 1 is 1.47 bits per heavy atom. The summed E-state index contributed by atoms with van der Waals surface area (Å²) in [4.78, 5) is 10.9. The predicted octanol–water partition coefficient (Wildman–Crippen LogP) is 2.96. The molecule has 0 aliphatic carbocycles. The van der Waals surface area contributed by atoms with E-state index >= 15 is 0 Å².